The number of nitrogens with zero attached hydrogens (tertiary/aromatic N) is 3. The molecule has 10 nitrogen and oxygen atoms in total. The maximum atomic E-state index is 12.4. The Morgan fingerprint density at radius 3 is 2.73 bits per heavy atom. The number of fused-ring (bicyclic) bond motifs is 1. The van der Waals surface area contributed by atoms with E-state index in [1.165, 1.54) is 54.0 Å². The first kappa shape index (κ1) is 22.5. The van der Waals surface area contributed by atoms with Gasteiger partial charge >= 0.3 is 0 Å². The number of anilines is 1. The van der Waals surface area contributed by atoms with Crippen molar-refractivity contribution in [3.8, 4) is 11.5 Å². The van der Waals surface area contributed by atoms with E-state index in [9.17, 15) is 14.9 Å². The van der Waals surface area contributed by atoms with Crippen LogP contribution in [0.5, 0.6) is 11.5 Å². The van der Waals surface area contributed by atoms with Gasteiger partial charge in [0, 0.05) is 0 Å². The summed E-state index contributed by atoms with van der Waals surface area (Å²) in [6, 6.07) is 10.2. The largest absolute Gasteiger partial charge is 0.496 e. The van der Waals surface area contributed by atoms with Gasteiger partial charge in [-0.2, -0.15) is 0 Å². The van der Waals surface area contributed by atoms with Crippen LogP contribution < -0.4 is 14.8 Å². The van der Waals surface area contributed by atoms with Crippen molar-refractivity contribution in [2.45, 2.75) is 38.8 Å². The SMILES string of the molecule is COc1ccc(NC(=O)Cn2nc(COc3ccc4c(c3)CCCC4)oc2=S)c([N+](=O)[O-])c1. The molecular weight excluding hydrogens is 448 g/mol. The number of aryl methyl sites for hydroxylation is 2. The summed E-state index contributed by atoms with van der Waals surface area (Å²) in [6.07, 6.45) is 4.53. The Balaban J connectivity index is 1.39. The van der Waals surface area contributed by atoms with Crippen LogP contribution in [0, 0.1) is 15.0 Å². The highest BCUT2D eigenvalue weighted by molar-refractivity contribution is 7.71. The van der Waals surface area contributed by atoms with Crippen molar-refractivity contribution in [3.05, 3.63) is 68.4 Å². The molecule has 1 aromatic heterocycles. The van der Waals surface area contributed by atoms with Gasteiger partial charge in [-0.25, -0.2) is 4.68 Å². The van der Waals surface area contributed by atoms with Crippen molar-refractivity contribution in [2.75, 3.05) is 12.4 Å². The second-order valence-corrected chi connectivity index (χ2v) is 7.88. The number of benzene rings is 2. The normalized spacial score (nSPS) is 12.6. The van der Waals surface area contributed by atoms with E-state index < -0.39 is 10.8 Å². The monoisotopic (exact) mass is 470 g/mol. The smallest absolute Gasteiger partial charge is 0.296 e. The van der Waals surface area contributed by atoms with Crippen molar-refractivity contribution >= 4 is 29.5 Å². The topological polar surface area (TPSA) is 122 Å². The van der Waals surface area contributed by atoms with Crippen LogP contribution in [0.15, 0.2) is 40.8 Å². The Kier molecular flexibility index (Phi) is 6.68. The van der Waals surface area contributed by atoms with Crippen LogP contribution in [0.2, 0.25) is 0 Å². The Morgan fingerprint density at radius 1 is 1.21 bits per heavy atom. The minimum absolute atomic E-state index is 0.00146. The van der Waals surface area contributed by atoms with E-state index in [0.29, 0.717) is 5.75 Å². The highest BCUT2D eigenvalue weighted by Gasteiger charge is 2.18. The van der Waals surface area contributed by atoms with Crippen molar-refractivity contribution in [1.29, 1.82) is 0 Å². The number of aromatic nitrogens is 2. The van der Waals surface area contributed by atoms with E-state index in [0.717, 1.165) is 18.6 Å². The molecule has 0 spiro atoms. The van der Waals surface area contributed by atoms with E-state index in [2.05, 4.69) is 16.5 Å². The van der Waals surface area contributed by atoms with Crippen molar-refractivity contribution in [1.82, 2.24) is 9.78 Å². The molecule has 1 aliphatic carbocycles. The summed E-state index contributed by atoms with van der Waals surface area (Å²) in [4.78, 5) is 23.1. The van der Waals surface area contributed by atoms with E-state index >= 15 is 0 Å². The molecule has 172 valence electrons. The maximum Gasteiger partial charge on any atom is 0.296 e. The third-order valence-electron chi connectivity index (χ3n) is 5.30. The van der Waals surface area contributed by atoms with Crippen LogP contribution in [0.1, 0.15) is 29.9 Å². The summed E-state index contributed by atoms with van der Waals surface area (Å²) in [6.45, 7) is -0.217. The molecule has 11 heteroatoms. The molecule has 0 unspecified atom stereocenters. The zero-order chi connectivity index (χ0) is 23.4. The van der Waals surface area contributed by atoms with Crippen LogP contribution >= 0.6 is 12.2 Å². The minimum atomic E-state index is -0.601. The van der Waals surface area contributed by atoms with Crippen molar-refractivity contribution < 1.29 is 23.6 Å². The van der Waals surface area contributed by atoms with Crippen LogP contribution in [-0.4, -0.2) is 27.7 Å². The van der Waals surface area contributed by atoms with Crippen LogP contribution in [0.4, 0.5) is 11.4 Å². The average molecular weight is 471 g/mol. The van der Waals surface area contributed by atoms with Gasteiger partial charge in [-0.1, -0.05) is 6.07 Å². The van der Waals surface area contributed by atoms with Gasteiger partial charge in [0.15, 0.2) is 6.61 Å². The number of hydrogen-bond donors (Lipinski definition) is 1. The Labute approximate surface area is 194 Å². The molecule has 1 N–H and O–H groups in total. The second kappa shape index (κ2) is 9.82. The molecule has 0 saturated carbocycles. The van der Waals surface area contributed by atoms with Crippen LogP contribution in [0.25, 0.3) is 0 Å². The lowest BCUT2D eigenvalue weighted by molar-refractivity contribution is -0.384. The van der Waals surface area contributed by atoms with E-state index in [-0.39, 0.29) is 35.3 Å². The fraction of sp³-hybridized carbons (Fsp3) is 0.318. The summed E-state index contributed by atoms with van der Waals surface area (Å²) in [7, 11) is 1.40. The Bertz CT molecular complexity index is 1250. The lowest BCUT2D eigenvalue weighted by Gasteiger charge is -2.16. The molecule has 33 heavy (non-hydrogen) atoms. The highest BCUT2D eigenvalue weighted by atomic mass is 32.1. The molecule has 2 aromatic carbocycles. The van der Waals surface area contributed by atoms with E-state index in [1.54, 1.807) is 0 Å². The molecule has 4 rings (SSSR count). The predicted octanol–water partition coefficient (Wildman–Crippen LogP) is 4.22. The minimum Gasteiger partial charge on any atom is -0.496 e. The van der Waals surface area contributed by atoms with Gasteiger partial charge in [-0.15, -0.1) is 5.10 Å². The van der Waals surface area contributed by atoms with Crippen molar-refractivity contribution in [2.24, 2.45) is 0 Å². The number of methoxy groups -OCH3 is 1. The van der Waals surface area contributed by atoms with Gasteiger partial charge in [0.1, 0.15) is 23.7 Å². The molecule has 1 aliphatic rings. The molecule has 0 radical (unpaired) electrons. The molecular formula is C22H22N4O6S. The molecule has 0 atom stereocenters. The van der Waals surface area contributed by atoms with Gasteiger partial charge in [0.25, 0.3) is 16.4 Å². The average Bonchev–Trinajstić information content (AvgIpc) is 3.16. The fourth-order valence-electron chi connectivity index (χ4n) is 3.67. The van der Waals surface area contributed by atoms with Crippen molar-refractivity contribution in [3.63, 3.8) is 0 Å². The maximum absolute atomic E-state index is 12.4. The lowest BCUT2D eigenvalue weighted by atomic mass is 9.92. The molecule has 0 fully saturated rings. The molecule has 0 saturated heterocycles. The Hall–Kier alpha value is -3.73. The number of carbonyl (C=O) groups excluding carboxylic acids is 1. The highest BCUT2D eigenvalue weighted by Crippen LogP contribution is 2.29. The molecule has 0 bridgehead atoms. The summed E-state index contributed by atoms with van der Waals surface area (Å²) in [5.74, 6) is 0.702. The predicted molar refractivity (Wildman–Crippen MR) is 121 cm³/mol. The van der Waals surface area contributed by atoms with Crippen LogP contribution in [0.3, 0.4) is 0 Å². The molecule has 1 amide bonds. The third-order valence-corrected chi connectivity index (χ3v) is 5.59. The first-order valence-corrected chi connectivity index (χ1v) is 10.8. The zero-order valence-corrected chi connectivity index (χ0v) is 18.7. The number of nitrogens with one attached hydrogen (secondary N) is 1. The summed E-state index contributed by atoms with van der Waals surface area (Å²) >= 11 is 5.14. The lowest BCUT2D eigenvalue weighted by Crippen LogP contribution is -2.20. The summed E-state index contributed by atoms with van der Waals surface area (Å²) < 4.78 is 17.4. The molecule has 1 heterocycles. The van der Waals surface area contributed by atoms with Gasteiger partial charge < -0.3 is 19.2 Å². The first-order chi connectivity index (χ1) is 15.9. The molecule has 0 aliphatic heterocycles. The standard InChI is InChI=1S/C22H22N4O6S/c1-30-16-8-9-18(19(11-16)26(28)29)23-20(27)12-25-22(33)32-21(24-25)13-31-17-7-6-14-4-2-3-5-15(14)10-17/h6-11H,2-5,12-13H2,1H3,(H,23,27). The summed E-state index contributed by atoms with van der Waals surface area (Å²) in [5.41, 5.74) is 2.41. The number of amides is 1. The Morgan fingerprint density at radius 2 is 1.97 bits per heavy atom. The van der Waals surface area contributed by atoms with E-state index in [1.807, 2.05) is 12.1 Å². The van der Waals surface area contributed by atoms with Crippen LogP contribution in [-0.2, 0) is 30.8 Å². The third kappa shape index (κ3) is 5.37. The quantitative estimate of drug-likeness (QED) is 0.295. The number of carbonyl (C=O) groups is 1. The number of ether oxygens (including phenoxy) is 2. The van der Waals surface area contributed by atoms with Gasteiger partial charge in [-0.05, 0) is 73.3 Å². The number of hydrogen-bond acceptors (Lipinski definition) is 8. The first-order valence-electron chi connectivity index (χ1n) is 10.4. The number of nitro benzene ring substituents is 1. The van der Waals surface area contributed by atoms with E-state index in [4.69, 9.17) is 26.1 Å². The van der Waals surface area contributed by atoms with Gasteiger partial charge in [0.05, 0.1) is 18.1 Å². The molecule has 3 aromatic rings. The number of rotatable bonds is 8. The number of nitro groups is 1. The zero-order valence-electron chi connectivity index (χ0n) is 17.9. The summed E-state index contributed by atoms with van der Waals surface area (Å²) in [5, 5.41) is 18.0. The second-order valence-electron chi connectivity index (χ2n) is 7.53. The van der Waals surface area contributed by atoms with Gasteiger partial charge in [-0.3, -0.25) is 14.9 Å². The van der Waals surface area contributed by atoms with Gasteiger partial charge in [0.2, 0.25) is 5.91 Å². The fourth-order valence-corrected chi connectivity index (χ4v) is 3.87.